The van der Waals surface area contributed by atoms with Crippen molar-refractivity contribution >= 4 is 30.0 Å². The molecule has 2 heterocycles. The van der Waals surface area contributed by atoms with Crippen LogP contribution in [0.25, 0.3) is 0 Å². The number of nitrogens with two attached hydrogens (primary N) is 1. The van der Waals surface area contributed by atoms with E-state index < -0.39 is 24.3 Å². The van der Waals surface area contributed by atoms with E-state index in [2.05, 4.69) is 5.10 Å². The number of piperidine rings is 2. The van der Waals surface area contributed by atoms with Gasteiger partial charge in [-0.15, -0.1) is 0 Å². The predicted molar refractivity (Wildman–Crippen MR) is 135 cm³/mol. The zero-order valence-corrected chi connectivity index (χ0v) is 21.4. The van der Waals surface area contributed by atoms with Crippen LogP contribution in [-0.4, -0.2) is 83.4 Å². The third-order valence-electron chi connectivity index (χ3n) is 6.85. The molecule has 0 saturated carbocycles. The Hall–Kier alpha value is -3.47. The summed E-state index contributed by atoms with van der Waals surface area (Å²) in [7, 11) is 0. The number of hydrazone groups is 1. The van der Waals surface area contributed by atoms with E-state index in [9.17, 15) is 24.3 Å². The Morgan fingerprint density at radius 2 is 1.78 bits per heavy atom. The van der Waals surface area contributed by atoms with Gasteiger partial charge in [-0.1, -0.05) is 31.2 Å². The molecular formula is C26H36N4O7. The number of rotatable bonds is 9. The molecule has 2 amide bonds. The summed E-state index contributed by atoms with van der Waals surface area (Å²) in [6.07, 6.45) is 2.04. The SMILES string of the molecule is CC(=O)OC(OC1CCN(C(=O)[C@H](C)CC(=O)c2ccc(C=NN)cc2)CC1)C1CCCN(C(=O)O)C1. The molecule has 0 aromatic heterocycles. The summed E-state index contributed by atoms with van der Waals surface area (Å²) < 4.78 is 11.6. The molecule has 2 fully saturated rings. The lowest BCUT2D eigenvalue weighted by Gasteiger charge is -2.38. The summed E-state index contributed by atoms with van der Waals surface area (Å²) >= 11 is 0. The lowest BCUT2D eigenvalue weighted by atomic mass is 9.96. The molecule has 0 spiro atoms. The minimum absolute atomic E-state index is 0.0837. The summed E-state index contributed by atoms with van der Waals surface area (Å²) in [5.41, 5.74) is 1.31. The van der Waals surface area contributed by atoms with Crippen molar-refractivity contribution in [2.45, 2.75) is 58.3 Å². The van der Waals surface area contributed by atoms with E-state index in [4.69, 9.17) is 15.3 Å². The van der Waals surface area contributed by atoms with Crippen molar-refractivity contribution in [3.05, 3.63) is 35.4 Å². The van der Waals surface area contributed by atoms with Crippen LogP contribution in [0.5, 0.6) is 0 Å². The van der Waals surface area contributed by atoms with Gasteiger partial charge in [0.05, 0.1) is 12.3 Å². The number of nitrogens with zero attached hydrogens (tertiary/aromatic N) is 3. The first kappa shape index (κ1) is 28.1. The highest BCUT2D eigenvalue weighted by Crippen LogP contribution is 2.27. The van der Waals surface area contributed by atoms with Crippen molar-refractivity contribution in [3.63, 3.8) is 0 Å². The number of carbonyl (C=O) groups excluding carboxylic acids is 3. The lowest BCUT2D eigenvalue weighted by Crippen LogP contribution is -2.48. The van der Waals surface area contributed by atoms with Gasteiger partial charge in [0.1, 0.15) is 0 Å². The molecule has 202 valence electrons. The number of esters is 1. The Morgan fingerprint density at radius 3 is 2.38 bits per heavy atom. The highest BCUT2D eigenvalue weighted by Gasteiger charge is 2.35. The molecule has 11 heteroatoms. The van der Waals surface area contributed by atoms with Crippen LogP contribution in [0.15, 0.2) is 29.4 Å². The van der Waals surface area contributed by atoms with E-state index >= 15 is 0 Å². The lowest BCUT2D eigenvalue weighted by molar-refractivity contribution is -0.211. The fraction of sp³-hybridized carbons (Fsp3) is 0.577. The first-order chi connectivity index (χ1) is 17.7. The van der Waals surface area contributed by atoms with Crippen LogP contribution in [0.2, 0.25) is 0 Å². The number of benzene rings is 1. The Balaban J connectivity index is 1.50. The first-order valence-electron chi connectivity index (χ1n) is 12.6. The Labute approximate surface area is 216 Å². The van der Waals surface area contributed by atoms with Gasteiger partial charge >= 0.3 is 12.1 Å². The second kappa shape index (κ2) is 13.2. The number of carboxylic acid groups (broad SMARTS) is 1. The molecule has 37 heavy (non-hydrogen) atoms. The minimum atomic E-state index is -0.997. The molecule has 3 rings (SSSR count). The maximum Gasteiger partial charge on any atom is 0.407 e. The Bertz CT molecular complexity index is 989. The van der Waals surface area contributed by atoms with Crippen molar-refractivity contribution in [1.82, 2.24) is 9.80 Å². The fourth-order valence-corrected chi connectivity index (χ4v) is 4.84. The van der Waals surface area contributed by atoms with E-state index in [1.165, 1.54) is 18.0 Å². The van der Waals surface area contributed by atoms with Crippen LogP contribution in [0.1, 0.15) is 61.9 Å². The number of likely N-dealkylation sites (tertiary alicyclic amines) is 2. The molecule has 2 unspecified atom stereocenters. The third-order valence-corrected chi connectivity index (χ3v) is 6.85. The van der Waals surface area contributed by atoms with E-state index in [-0.39, 0.29) is 36.7 Å². The Kier molecular flexibility index (Phi) is 10.0. The van der Waals surface area contributed by atoms with Crippen LogP contribution in [-0.2, 0) is 19.1 Å². The second-order valence-corrected chi connectivity index (χ2v) is 9.70. The van der Waals surface area contributed by atoms with E-state index in [1.807, 2.05) is 0 Å². The van der Waals surface area contributed by atoms with Crippen molar-refractivity contribution < 1.29 is 33.8 Å². The summed E-state index contributed by atoms with van der Waals surface area (Å²) in [6.45, 7) is 4.70. The highest BCUT2D eigenvalue weighted by atomic mass is 16.7. The smallest absolute Gasteiger partial charge is 0.407 e. The molecule has 2 aliphatic heterocycles. The zero-order valence-electron chi connectivity index (χ0n) is 21.4. The van der Waals surface area contributed by atoms with E-state index in [0.29, 0.717) is 50.9 Å². The van der Waals surface area contributed by atoms with Gasteiger partial charge in [-0.05, 0) is 31.2 Å². The molecule has 2 saturated heterocycles. The summed E-state index contributed by atoms with van der Waals surface area (Å²) in [5, 5.41) is 12.8. The van der Waals surface area contributed by atoms with Crippen LogP contribution < -0.4 is 5.84 Å². The summed E-state index contributed by atoms with van der Waals surface area (Å²) in [6, 6.07) is 6.88. The summed E-state index contributed by atoms with van der Waals surface area (Å²) in [4.78, 5) is 51.8. The quantitative estimate of drug-likeness (QED) is 0.127. The van der Waals surface area contributed by atoms with Gasteiger partial charge in [0.25, 0.3) is 0 Å². The number of ether oxygens (including phenoxy) is 2. The fourth-order valence-electron chi connectivity index (χ4n) is 4.84. The molecule has 0 aliphatic carbocycles. The van der Waals surface area contributed by atoms with Gasteiger partial charge in [0, 0.05) is 56.9 Å². The summed E-state index contributed by atoms with van der Waals surface area (Å²) in [5.74, 6) is 3.76. The molecule has 3 atom stereocenters. The zero-order chi connectivity index (χ0) is 26.9. The van der Waals surface area contributed by atoms with E-state index in [1.54, 1.807) is 36.1 Å². The maximum atomic E-state index is 13.0. The first-order valence-corrected chi connectivity index (χ1v) is 12.6. The molecule has 3 N–H and O–H groups in total. The van der Waals surface area contributed by atoms with Crippen molar-refractivity contribution in [3.8, 4) is 0 Å². The maximum absolute atomic E-state index is 13.0. The molecule has 1 aromatic carbocycles. The topological polar surface area (TPSA) is 152 Å². The molecule has 11 nitrogen and oxygen atoms in total. The van der Waals surface area contributed by atoms with Crippen LogP contribution in [0, 0.1) is 11.8 Å². The number of amides is 2. The minimum Gasteiger partial charge on any atom is -0.465 e. The van der Waals surface area contributed by atoms with Crippen molar-refractivity contribution in [2.75, 3.05) is 26.2 Å². The number of carbonyl (C=O) groups is 4. The highest BCUT2D eigenvalue weighted by molar-refractivity contribution is 5.99. The monoisotopic (exact) mass is 516 g/mol. The number of Topliss-reactive ketones (excluding diaryl/α,β-unsaturated/α-hetero) is 1. The van der Waals surface area contributed by atoms with Crippen molar-refractivity contribution in [1.29, 1.82) is 0 Å². The standard InChI is InChI=1S/C26H36N4O7/c1-17(14-23(32)20-7-5-19(6-8-20)15-28-27)24(33)29-12-9-22(10-13-29)37-25(36-18(2)31)21-4-3-11-30(16-21)26(34)35/h5-8,15,17,21-22,25H,3-4,9-14,16,27H2,1-2H3,(H,34,35)/t17-,21?,25?/m1/s1. The average Bonchev–Trinajstić information content (AvgIpc) is 2.88. The van der Waals surface area contributed by atoms with Crippen LogP contribution in [0.4, 0.5) is 4.79 Å². The second-order valence-electron chi connectivity index (χ2n) is 9.70. The molecule has 0 radical (unpaired) electrons. The van der Waals surface area contributed by atoms with Gasteiger partial charge in [0.15, 0.2) is 5.78 Å². The Morgan fingerprint density at radius 1 is 1.11 bits per heavy atom. The van der Waals surface area contributed by atoms with Crippen LogP contribution >= 0.6 is 0 Å². The number of hydrogen-bond donors (Lipinski definition) is 2. The third kappa shape index (κ3) is 8.01. The number of hydrogen-bond acceptors (Lipinski definition) is 8. The average molecular weight is 517 g/mol. The largest absolute Gasteiger partial charge is 0.465 e. The van der Waals surface area contributed by atoms with Gasteiger partial charge in [-0.2, -0.15) is 5.10 Å². The van der Waals surface area contributed by atoms with Gasteiger partial charge < -0.3 is 30.2 Å². The van der Waals surface area contributed by atoms with E-state index in [0.717, 1.165) is 5.56 Å². The molecule has 1 aromatic rings. The molecule has 2 aliphatic rings. The van der Waals surface area contributed by atoms with Gasteiger partial charge in [-0.25, -0.2) is 4.79 Å². The molecule has 0 bridgehead atoms. The molecular weight excluding hydrogens is 480 g/mol. The van der Waals surface area contributed by atoms with Crippen molar-refractivity contribution in [2.24, 2.45) is 22.8 Å². The van der Waals surface area contributed by atoms with Gasteiger partial charge in [-0.3, -0.25) is 14.4 Å². The normalized spacial score (nSPS) is 20.4. The predicted octanol–water partition coefficient (Wildman–Crippen LogP) is 2.47. The van der Waals surface area contributed by atoms with Crippen LogP contribution in [0.3, 0.4) is 0 Å². The van der Waals surface area contributed by atoms with Gasteiger partial charge in [0.2, 0.25) is 12.2 Å². The number of ketones is 1.